The molecule has 2 aromatic rings. The second kappa shape index (κ2) is 6.53. The number of hydrogen-bond acceptors (Lipinski definition) is 2. The molecule has 1 N–H and O–H groups in total. The summed E-state index contributed by atoms with van der Waals surface area (Å²) in [4.78, 5) is 0. The normalized spacial score (nSPS) is 14.3. The summed E-state index contributed by atoms with van der Waals surface area (Å²) in [6.45, 7) is 2.17. The fourth-order valence-electron chi connectivity index (χ4n) is 2.40. The summed E-state index contributed by atoms with van der Waals surface area (Å²) in [7, 11) is 1.94. The van der Waals surface area contributed by atoms with E-state index >= 15 is 0 Å². The Kier molecular flexibility index (Phi) is 4.74. The molecule has 102 valence electrons. The van der Waals surface area contributed by atoms with Gasteiger partial charge in [-0.05, 0) is 36.8 Å². The van der Waals surface area contributed by atoms with Gasteiger partial charge in [-0.2, -0.15) is 5.10 Å². The number of nitrogens with zero attached hydrogens (tertiary/aromatic N) is 2. The van der Waals surface area contributed by atoms with Gasteiger partial charge < -0.3 is 5.11 Å². The molecular formula is C16H22N2O. The van der Waals surface area contributed by atoms with Crippen molar-refractivity contribution in [1.82, 2.24) is 9.78 Å². The van der Waals surface area contributed by atoms with Crippen LogP contribution < -0.4 is 0 Å². The van der Waals surface area contributed by atoms with E-state index in [-0.39, 0.29) is 6.10 Å². The number of benzene rings is 1. The maximum atomic E-state index is 10.1. The van der Waals surface area contributed by atoms with Crippen LogP contribution in [0, 0.1) is 0 Å². The van der Waals surface area contributed by atoms with Gasteiger partial charge in [0.15, 0.2) is 0 Å². The van der Waals surface area contributed by atoms with Crippen molar-refractivity contribution in [1.29, 1.82) is 0 Å². The van der Waals surface area contributed by atoms with Crippen molar-refractivity contribution in [2.24, 2.45) is 7.05 Å². The fraction of sp³-hybridized carbons (Fsp3) is 0.438. The van der Waals surface area contributed by atoms with Crippen molar-refractivity contribution in [2.45, 2.75) is 38.2 Å². The summed E-state index contributed by atoms with van der Waals surface area (Å²) in [5.74, 6) is 0.391. The van der Waals surface area contributed by atoms with Crippen LogP contribution in [0.2, 0.25) is 0 Å². The Morgan fingerprint density at radius 3 is 2.58 bits per heavy atom. The Hall–Kier alpha value is -1.61. The minimum atomic E-state index is -0.259. The Morgan fingerprint density at radius 1 is 1.21 bits per heavy atom. The molecule has 2 atom stereocenters. The lowest BCUT2D eigenvalue weighted by Gasteiger charge is -2.16. The molecule has 0 aliphatic heterocycles. The van der Waals surface area contributed by atoms with Crippen LogP contribution in [0.15, 0.2) is 42.6 Å². The van der Waals surface area contributed by atoms with Gasteiger partial charge in [-0.3, -0.25) is 4.68 Å². The minimum Gasteiger partial charge on any atom is -0.393 e. The average Bonchev–Trinajstić information content (AvgIpc) is 2.83. The lowest BCUT2D eigenvalue weighted by atomic mass is 9.93. The lowest BCUT2D eigenvalue weighted by Crippen LogP contribution is -2.13. The van der Waals surface area contributed by atoms with Gasteiger partial charge in [0.05, 0.1) is 6.10 Å². The zero-order chi connectivity index (χ0) is 13.7. The molecule has 0 saturated heterocycles. The summed E-state index contributed by atoms with van der Waals surface area (Å²) in [5, 5.41) is 14.3. The van der Waals surface area contributed by atoms with E-state index in [0.717, 1.165) is 19.3 Å². The van der Waals surface area contributed by atoms with E-state index in [1.54, 1.807) is 6.20 Å². The Balaban J connectivity index is 1.81. The van der Waals surface area contributed by atoms with Gasteiger partial charge in [0, 0.05) is 18.9 Å². The molecule has 0 aliphatic rings. The standard InChI is InChI=1S/C16H22N2O/c1-13(14-6-4-3-5-7-14)12-16(19)9-8-15-10-11-17-18(15)2/h3-7,10-11,13,16,19H,8-9,12H2,1-2H3. The Morgan fingerprint density at radius 2 is 1.95 bits per heavy atom. The fourth-order valence-corrected chi connectivity index (χ4v) is 2.40. The summed E-state index contributed by atoms with van der Waals surface area (Å²) >= 11 is 0. The topological polar surface area (TPSA) is 38.1 Å². The third-order valence-corrected chi connectivity index (χ3v) is 3.65. The minimum absolute atomic E-state index is 0.259. The highest BCUT2D eigenvalue weighted by Crippen LogP contribution is 2.21. The molecule has 2 rings (SSSR count). The van der Waals surface area contributed by atoms with Gasteiger partial charge >= 0.3 is 0 Å². The molecule has 3 heteroatoms. The quantitative estimate of drug-likeness (QED) is 0.865. The molecule has 0 bridgehead atoms. The van der Waals surface area contributed by atoms with E-state index in [4.69, 9.17) is 0 Å². The first-order valence-corrected chi connectivity index (χ1v) is 6.86. The van der Waals surface area contributed by atoms with Gasteiger partial charge in [0.2, 0.25) is 0 Å². The predicted molar refractivity (Wildman–Crippen MR) is 77.0 cm³/mol. The monoisotopic (exact) mass is 258 g/mol. The number of rotatable bonds is 6. The molecule has 0 spiro atoms. The molecule has 2 unspecified atom stereocenters. The summed E-state index contributed by atoms with van der Waals surface area (Å²) in [6.07, 6.45) is 4.01. The molecule has 0 amide bonds. The zero-order valence-corrected chi connectivity index (χ0v) is 11.7. The number of aliphatic hydroxyl groups excluding tert-OH is 1. The van der Waals surface area contributed by atoms with Crippen LogP contribution in [0.25, 0.3) is 0 Å². The largest absolute Gasteiger partial charge is 0.393 e. The highest BCUT2D eigenvalue weighted by atomic mass is 16.3. The van der Waals surface area contributed by atoms with Gasteiger partial charge in [-0.1, -0.05) is 37.3 Å². The Labute approximate surface area is 114 Å². The van der Waals surface area contributed by atoms with Crippen LogP contribution in [-0.2, 0) is 13.5 Å². The van der Waals surface area contributed by atoms with Gasteiger partial charge in [-0.15, -0.1) is 0 Å². The molecule has 0 fully saturated rings. The van der Waals surface area contributed by atoms with E-state index < -0.39 is 0 Å². The first-order chi connectivity index (χ1) is 9.16. The van der Waals surface area contributed by atoms with Crippen LogP contribution in [0.5, 0.6) is 0 Å². The van der Waals surface area contributed by atoms with E-state index in [2.05, 4.69) is 24.2 Å². The summed E-state index contributed by atoms with van der Waals surface area (Å²) < 4.78 is 1.87. The number of aromatic nitrogens is 2. The smallest absolute Gasteiger partial charge is 0.0549 e. The van der Waals surface area contributed by atoms with Gasteiger partial charge in [0.25, 0.3) is 0 Å². The summed E-state index contributed by atoms with van der Waals surface area (Å²) in [5.41, 5.74) is 2.47. The molecule has 1 aromatic carbocycles. The summed E-state index contributed by atoms with van der Waals surface area (Å²) in [6, 6.07) is 12.4. The van der Waals surface area contributed by atoms with Crippen molar-refractivity contribution in [3.8, 4) is 0 Å². The third-order valence-electron chi connectivity index (χ3n) is 3.65. The highest BCUT2D eigenvalue weighted by molar-refractivity contribution is 5.18. The van der Waals surface area contributed by atoms with Gasteiger partial charge in [0.1, 0.15) is 0 Å². The van der Waals surface area contributed by atoms with E-state index in [1.165, 1.54) is 11.3 Å². The zero-order valence-electron chi connectivity index (χ0n) is 11.7. The predicted octanol–water partition coefficient (Wildman–Crippen LogP) is 2.91. The second-order valence-corrected chi connectivity index (χ2v) is 5.19. The maximum Gasteiger partial charge on any atom is 0.0549 e. The molecule has 0 radical (unpaired) electrons. The van der Waals surface area contributed by atoms with Crippen LogP contribution in [0.3, 0.4) is 0 Å². The molecular weight excluding hydrogens is 236 g/mol. The van der Waals surface area contributed by atoms with E-state index in [9.17, 15) is 5.11 Å². The van der Waals surface area contributed by atoms with E-state index in [1.807, 2.05) is 36.0 Å². The number of aliphatic hydroxyl groups is 1. The lowest BCUT2D eigenvalue weighted by molar-refractivity contribution is 0.147. The SMILES string of the molecule is CC(CC(O)CCc1ccnn1C)c1ccccc1. The molecule has 19 heavy (non-hydrogen) atoms. The molecule has 1 aromatic heterocycles. The van der Waals surface area contributed by atoms with Crippen molar-refractivity contribution in [3.63, 3.8) is 0 Å². The van der Waals surface area contributed by atoms with Crippen LogP contribution >= 0.6 is 0 Å². The van der Waals surface area contributed by atoms with Crippen LogP contribution in [0.4, 0.5) is 0 Å². The van der Waals surface area contributed by atoms with Gasteiger partial charge in [-0.25, -0.2) is 0 Å². The molecule has 0 saturated carbocycles. The van der Waals surface area contributed by atoms with Crippen molar-refractivity contribution < 1.29 is 5.11 Å². The highest BCUT2D eigenvalue weighted by Gasteiger charge is 2.12. The first kappa shape index (κ1) is 13.8. The third kappa shape index (κ3) is 3.93. The van der Waals surface area contributed by atoms with Crippen molar-refractivity contribution >= 4 is 0 Å². The van der Waals surface area contributed by atoms with Crippen LogP contribution in [0.1, 0.15) is 36.9 Å². The first-order valence-electron chi connectivity index (χ1n) is 6.86. The van der Waals surface area contributed by atoms with E-state index in [0.29, 0.717) is 5.92 Å². The van der Waals surface area contributed by atoms with Crippen LogP contribution in [-0.4, -0.2) is 21.0 Å². The average molecular weight is 258 g/mol. The molecule has 3 nitrogen and oxygen atoms in total. The maximum absolute atomic E-state index is 10.1. The number of aryl methyl sites for hydroxylation is 2. The van der Waals surface area contributed by atoms with Crippen molar-refractivity contribution in [2.75, 3.05) is 0 Å². The number of hydrogen-bond donors (Lipinski definition) is 1. The van der Waals surface area contributed by atoms with Crippen molar-refractivity contribution in [3.05, 3.63) is 53.9 Å². The Bertz CT molecular complexity index is 492. The molecule has 0 aliphatic carbocycles. The second-order valence-electron chi connectivity index (χ2n) is 5.19. The molecule has 1 heterocycles.